The Labute approximate surface area is 146 Å². The van der Waals surface area contributed by atoms with E-state index in [-0.39, 0.29) is 5.91 Å². The second-order valence-electron chi connectivity index (χ2n) is 6.40. The van der Waals surface area contributed by atoms with Gasteiger partial charge < -0.3 is 14.4 Å². The van der Waals surface area contributed by atoms with Crippen molar-refractivity contribution in [1.29, 1.82) is 0 Å². The molecule has 0 atom stereocenters. The molecule has 3 rings (SSSR count). The lowest BCUT2D eigenvalue weighted by Gasteiger charge is -2.34. The van der Waals surface area contributed by atoms with Crippen LogP contribution in [-0.2, 0) is 6.54 Å². The van der Waals surface area contributed by atoms with Crippen molar-refractivity contribution in [2.24, 2.45) is 0 Å². The summed E-state index contributed by atoms with van der Waals surface area (Å²) < 4.78 is 5.45. The molecule has 1 aliphatic rings. The molecule has 25 heavy (non-hydrogen) atoms. The maximum Gasteiger partial charge on any atom is 0.335 e. The summed E-state index contributed by atoms with van der Waals surface area (Å²) in [5, 5.41) is 9.08. The van der Waals surface area contributed by atoms with E-state index < -0.39 is 5.97 Å². The smallest absolute Gasteiger partial charge is 0.335 e. The summed E-state index contributed by atoms with van der Waals surface area (Å²) in [4.78, 5) is 27.7. The number of amides is 1. The van der Waals surface area contributed by atoms with Crippen LogP contribution in [0.4, 0.5) is 0 Å². The summed E-state index contributed by atoms with van der Waals surface area (Å²) in [6.07, 6.45) is 0. The zero-order chi connectivity index (χ0) is 18.0. The summed E-state index contributed by atoms with van der Waals surface area (Å²) >= 11 is 0. The predicted octanol–water partition coefficient (Wildman–Crippen LogP) is 2.55. The molecule has 1 aromatic carbocycles. The number of benzene rings is 1. The molecule has 1 aromatic heterocycles. The third-order valence-corrected chi connectivity index (χ3v) is 4.51. The number of aryl methyl sites for hydroxylation is 2. The number of piperazine rings is 1. The number of nitrogens with zero attached hydrogens (tertiary/aromatic N) is 2. The summed E-state index contributed by atoms with van der Waals surface area (Å²) in [6.45, 7) is 7.17. The number of hydrogen-bond acceptors (Lipinski definition) is 4. The number of furan rings is 1. The van der Waals surface area contributed by atoms with Gasteiger partial charge in [0, 0.05) is 32.7 Å². The highest BCUT2D eigenvalue weighted by Gasteiger charge is 2.24. The Morgan fingerprint density at radius 2 is 1.84 bits per heavy atom. The SMILES string of the molecule is Cc1cc(C(=O)N2CCN(Cc3cccc(C(=O)O)c3)CC2)c(C)o1. The topological polar surface area (TPSA) is 74.0 Å². The van der Waals surface area contributed by atoms with E-state index in [9.17, 15) is 9.59 Å². The fraction of sp³-hybridized carbons (Fsp3) is 0.368. The molecule has 0 unspecified atom stereocenters. The van der Waals surface area contributed by atoms with E-state index in [1.165, 1.54) is 0 Å². The molecule has 0 radical (unpaired) electrons. The Kier molecular flexibility index (Phi) is 4.90. The molecule has 6 nitrogen and oxygen atoms in total. The van der Waals surface area contributed by atoms with Gasteiger partial charge in [-0.2, -0.15) is 0 Å². The van der Waals surface area contributed by atoms with Crippen LogP contribution < -0.4 is 0 Å². The van der Waals surface area contributed by atoms with Gasteiger partial charge in [-0.05, 0) is 37.6 Å². The molecule has 1 fully saturated rings. The van der Waals surface area contributed by atoms with Gasteiger partial charge in [-0.15, -0.1) is 0 Å². The summed E-state index contributed by atoms with van der Waals surface area (Å²) in [5.74, 6) is 0.512. The Bertz CT molecular complexity index is 788. The van der Waals surface area contributed by atoms with E-state index in [4.69, 9.17) is 9.52 Å². The molecule has 0 saturated carbocycles. The summed E-state index contributed by atoms with van der Waals surface area (Å²) in [5.41, 5.74) is 1.92. The molecule has 0 bridgehead atoms. The standard InChI is InChI=1S/C19H22N2O4/c1-13-10-17(14(2)25-13)18(22)21-8-6-20(7-9-21)12-15-4-3-5-16(11-15)19(23)24/h3-5,10-11H,6-9,12H2,1-2H3,(H,23,24). The third kappa shape index (κ3) is 3.91. The zero-order valence-electron chi connectivity index (χ0n) is 14.5. The van der Waals surface area contributed by atoms with Crippen LogP contribution in [0.3, 0.4) is 0 Å². The first-order valence-corrected chi connectivity index (χ1v) is 8.35. The number of rotatable bonds is 4. The minimum Gasteiger partial charge on any atom is -0.478 e. The number of aromatic carboxylic acids is 1. The molecule has 1 saturated heterocycles. The Balaban J connectivity index is 1.58. The minimum absolute atomic E-state index is 0.0156. The van der Waals surface area contributed by atoms with Crippen molar-refractivity contribution in [1.82, 2.24) is 9.80 Å². The molecule has 132 valence electrons. The first kappa shape index (κ1) is 17.2. The highest BCUT2D eigenvalue weighted by atomic mass is 16.4. The molecule has 1 N–H and O–H groups in total. The van der Waals surface area contributed by atoms with E-state index in [1.807, 2.05) is 24.8 Å². The lowest BCUT2D eigenvalue weighted by atomic mass is 10.1. The van der Waals surface area contributed by atoms with E-state index in [1.54, 1.807) is 24.3 Å². The molecule has 6 heteroatoms. The normalized spacial score (nSPS) is 15.4. The monoisotopic (exact) mass is 342 g/mol. The second-order valence-corrected chi connectivity index (χ2v) is 6.40. The number of carbonyl (C=O) groups excluding carboxylic acids is 1. The molecule has 2 aromatic rings. The van der Waals surface area contributed by atoms with Gasteiger partial charge in [-0.3, -0.25) is 9.69 Å². The van der Waals surface area contributed by atoms with Crippen molar-refractivity contribution in [3.63, 3.8) is 0 Å². The van der Waals surface area contributed by atoms with Crippen molar-refractivity contribution >= 4 is 11.9 Å². The van der Waals surface area contributed by atoms with E-state index >= 15 is 0 Å². The number of carboxylic acid groups (broad SMARTS) is 1. The van der Waals surface area contributed by atoms with Crippen LogP contribution in [0.2, 0.25) is 0 Å². The van der Waals surface area contributed by atoms with Gasteiger partial charge in [0.2, 0.25) is 0 Å². The van der Waals surface area contributed by atoms with Crippen molar-refractivity contribution in [3.8, 4) is 0 Å². The minimum atomic E-state index is -0.914. The van der Waals surface area contributed by atoms with Crippen LogP contribution in [0.25, 0.3) is 0 Å². The van der Waals surface area contributed by atoms with Crippen LogP contribution in [0.15, 0.2) is 34.7 Å². The fourth-order valence-electron chi connectivity index (χ4n) is 3.18. The Hall–Kier alpha value is -2.60. The van der Waals surface area contributed by atoms with Crippen molar-refractivity contribution in [3.05, 3.63) is 58.5 Å². The van der Waals surface area contributed by atoms with Crippen LogP contribution in [0, 0.1) is 13.8 Å². The number of carbonyl (C=O) groups is 2. The Morgan fingerprint density at radius 1 is 1.12 bits per heavy atom. The average Bonchev–Trinajstić information content (AvgIpc) is 2.93. The molecule has 0 spiro atoms. The first-order chi connectivity index (χ1) is 11.9. The van der Waals surface area contributed by atoms with Gasteiger partial charge in [-0.25, -0.2) is 4.79 Å². The second kappa shape index (κ2) is 7.11. The van der Waals surface area contributed by atoms with Crippen molar-refractivity contribution < 1.29 is 19.1 Å². The summed E-state index contributed by atoms with van der Waals surface area (Å²) in [7, 11) is 0. The van der Waals surface area contributed by atoms with Crippen LogP contribution in [0.1, 0.15) is 37.8 Å². The van der Waals surface area contributed by atoms with E-state index in [2.05, 4.69) is 4.90 Å². The highest BCUT2D eigenvalue weighted by Crippen LogP contribution is 2.18. The maximum absolute atomic E-state index is 12.6. The lowest BCUT2D eigenvalue weighted by molar-refractivity contribution is 0.0624. The average molecular weight is 342 g/mol. The van der Waals surface area contributed by atoms with Crippen molar-refractivity contribution in [2.45, 2.75) is 20.4 Å². The largest absolute Gasteiger partial charge is 0.478 e. The molecule has 1 amide bonds. The molecular formula is C19H22N2O4. The highest BCUT2D eigenvalue weighted by molar-refractivity contribution is 5.95. The third-order valence-electron chi connectivity index (χ3n) is 4.51. The first-order valence-electron chi connectivity index (χ1n) is 8.35. The van der Waals surface area contributed by atoms with Crippen LogP contribution in [-0.4, -0.2) is 53.0 Å². The summed E-state index contributed by atoms with van der Waals surface area (Å²) in [6, 6.07) is 8.79. The molecule has 1 aliphatic heterocycles. The van der Waals surface area contributed by atoms with Crippen molar-refractivity contribution in [2.75, 3.05) is 26.2 Å². The van der Waals surface area contributed by atoms with Gasteiger partial charge in [0.1, 0.15) is 11.5 Å². The number of hydrogen-bond donors (Lipinski definition) is 1. The van der Waals surface area contributed by atoms with E-state index in [0.29, 0.717) is 36.5 Å². The van der Waals surface area contributed by atoms with E-state index in [0.717, 1.165) is 24.4 Å². The Morgan fingerprint density at radius 3 is 2.44 bits per heavy atom. The van der Waals surface area contributed by atoms with Gasteiger partial charge >= 0.3 is 5.97 Å². The van der Waals surface area contributed by atoms with Gasteiger partial charge in [0.15, 0.2) is 0 Å². The maximum atomic E-state index is 12.6. The van der Waals surface area contributed by atoms with Gasteiger partial charge in [-0.1, -0.05) is 12.1 Å². The van der Waals surface area contributed by atoms with Gasteiger partial charge in [0.25, 0.3) is 5.91 Å². The van der Waals surface area contributed by atoms with Crippen LogP contribution in [0.5, 0.6) is 0 Å². The quantitative estimate of drug-likeness (QED) is 0.924. The number of carboxylic acids is 1. The molecule has 2 heterocycles. The van der Waals surface area contributed by atoms with Crippen LogP contribution >= 0.6 is 0 Å². The lowest BCUT2D eigenvalue weighted by Crippen LogP contribution is -2.48. The fourth-order valence-corrected chi connectivity index (χ4v) is 3.18. The molecular weight excluding hydrogens is 320 g/mol. The predicted molar refractivity (Wildman–Crippen MR) is 92.8 cm³/mol. The molecule has 0 aliphatic carbocycles. The zero-order valence-corrected chi connectivity index (χ0v) is 14.5. The van der Waals surface area contributed by atoms with Gasteiger partial charge in [0.05, 0.1) is 11.1 Å².